The van der Waals surface area contributed by atoms with Gasteiger partial charge in [-0.25, -0.2) is 0 Å². The number of carbonyl (C=O) groups excluding carboxylic acids is 2. The van der Waals surface area contributed by atoms with Crippen LogP contribution in [-0.4, -0.2) is 26.1 Å². The molecule has 0 unspecified atom stereocenters. The molecule has 0 saturated carbocycles. The summed E-state index contributed by atoms with van der Waals surface area (Å²) in [6.45, 7) is 0. The third-order valence-corrected chi connectivity index (χ3v) is 2.89. The molecule has 0 fully saturated rings. The number of hydrogen-bond donors (Lipinski definition) is 1. The van der Waals surface area contributed by atoms with Crippen molar-refractivity contribution in [2.45, 2.75) is 32.1 Å². The maximum Gasteiger partial charge on any atom is 0.305 e. The molecule has 0 atom stereocenters. The van der Waals surface area contributed by atoms with Crippen LogP contribution in [-0.2, 0) is 14.3 Å². The predicted octanol–water partition coefficient (Wildman–Crippen LogP) is 2.76. The van der Waals surface area contributed by atoms with Gasteiger partial charge in [-0.1, -0.05) is 18.6 Å². The number of hydrogen-bond acceptors (Lipinski definition) is 4. The quantitative estimate of drug-likeness (QED) is 0.587. The van der Waals surface area contributed by atoms with E-state index in [0.717, 1.165) is 19.3 Å². The Bertz CT molecular complexity index is 445. The highest BCUT2D eigenvalue weighted by Gasteiger charge is 2.07. The summed E-state index contributed by atoms with van der Waals surface area (Å²) in [5.41, 5.74) is 0.676. The Hall–Kier alpha value is -2.04. The number of nitrogens with one attached hydrogen (secondary N) is 1. The van der Waals surface area contributed by atoms with Crippen LogP contribution >= 0.6 is 0 Å². The molecule has 0 spiro atoms. The van der Waals surface area contributed by atoms with Crippen LogP contribution in [0.1, 0.15) is 32.1 Å². The summed E-state index contributed by atoms with van der Waals surface area (Å²) in [6, 6.07) is 7.29. The molecule has 1 rings (SSSR count). The van der Waals surface area contributed by atoms with Crippen molar-refractivity contribution >= 4 is 17.6 Å². The van der Waals surface area contributed by atoms with E-state index in [-0.39, 0.29) is 11.9 Å². The number of anilines is 1. The number of esters is 1. The molecule has 0 aliphatic carbocycles. The summed E-state index contributed by atoms with van der Waals surface area (Å²) >= 11 is 0. The average molecular weight is 279 g/mol. The minimum absolute atomic E-state index is 0.0485. The molecule has 0 heterocycles. The first-order valence-corrected chi connectivity index (χ1v) is 6.67. The Morgan fingerprint density at radius 1 is 1.05 bits per heavy atom. The van der Waals surface area contributed by atoms with Crippen molar-refractivity contribution in [2.75, 3.05) is 19.5 Å². The normalized spacial score (nSPS) is 9.90. The molecule has 1 aromatic carbocycles. The Balaban J connectivity index is 2.25. The number of carbonyl (C=O) groups is 2. The highest BCUT2D eigenvalue weighted by Crippen LogP contribution is 2.23. The predicted molar refractivity (Wildman–Crippen MR) is 76.7 cm³/mol. The van der Waals surface area contributed by atoms with E-state index >= 15 is 0 Å². The van der Waals surface area contributed by atoms with Gasteiger partial charge in [0.2, 0.25) is 5.91 Å². The van der Waals surface area contributed by atoms with Gasteiger partial charge in [0.15, 0.2) is 0 Å². The zero-order chi connectivity index (χ0) is 14.8. The third kappa shape index (κ3) is 5.73. The molecule has 1 aromatic rings. The molecule has 1 N–H and O–H groups in total. The molecule has 0 aliphatic heterocycles. The van der Waals surface area contributed by atoms with Gasteiger partial charge in [-0.15, -0.1) is 0 Å². The first kappa shape index (κ1) is 16.0. The summed E-state index contributed by atoms with van der Waals surface area (Å²) in [7, 11) is 2.95. The van der Waals surface area contributed by atoms with Gasteiger partial charge in [-0.05, 0) is 25.0 Å². The lowest BCUT2D eigenvalue weighted by molar-refractivity contribution is -0.140. The first-order chi connectivity index (χ1) is 9.67. The van der Waals surface area contributed by atoms with E-state index in [1.165, 1.54) is 7.11 Å². The van der Waals surface area contributed by atoms with Crippen molar-refractivity contribution in [1.82, 2.24) is 0 Å². The molecule has 5 heteroatoms. The highest BCUT2D eigenvalue weighted by molar-refractivity contribution is 5.92. The maximum atomic E-state index is 11.8. The number of methoxy groups -OCH3 is 2. The van der Waals surface area contributed by atoms with Crippen LogP contribution in [0.5, 0.6) is 5.75 Å². The van der Waals surface area contributed by atoms with E-state index in [2.05, 4.69) is 10.1 Å². The van der Waals surface area contributed by atoms with Crippen molar-refractivity contribution in [3.8, 4) is 5.75 Å². The van der Waals surface area contributed by atoms with E-state index in [1.807, 2.05) is 12.1 Å². The van der Waals surface area contributed by atoms with E-state index < -0.39 is 0 Å². The Morgan fingerprint density at radius 2 is 1.75 bits per heavy atom. The van der Waals surface area contributed by atoms with Crippen LogP contribution in [0.2, 0.25) is 0 Å². The molecule has 20 heavy (non-hydrogen) atoms. The minimum atomic E-state index is -0.205. The topological polar surface area (TPSA) is 64.6 Å². The second-order valence-corrected chi connectivity index (χ2v) is 4.39. The fraction of sp³-hybridized carbons (Fsp3) is 0.467. The Kier molecular flexibility index (Phi) is 7.17. The van der Waals surface area contributed by atoms with E-state index in [0.29, 0.717) is 24.3 Å². The molecule has 5 nitrogen and oxygen atoms in total. The average Bonchev–Trinajstić information content (AvgIpc) is 2.47. The van der Waals surface area contributed by atoms with Crippen LogP contribution in [0.25, 0.3) is 0 Å². The van der Waals surface area contributed by atoms with E-state index in [1.54, 1.807) is 19.2 Å². The van der Waals surface area contributed by atoms with Crippen molar-refractivity contribution in [3.05, 3.63) is 24.3 Å². The molecular formula is C15H21NO4. The van der Waals surface area contributed by atoms with E-state index in [4.69, 9.17) is 4.74 Å². The van der Waals surface area contributed by atoms with Crippen LogP contribution in [0.15, 0.2) is 24.3 Å². The van der Waals surface area contributed by atoms with Crippen molar-refractivity contribution in [2.24, 2.45) is 0 Å². The zero-order valence-corrected chi connectivity index (χ0v) is 12.0. The summed E-state index contributed by atoms with van der Waals surface area (Å²) in [5, 5.41) is 2.82. The third-order valence-electron chi connectivity index (χ3n) is 2.89. The van der Waals surface area contributed by atoms with Crippen molar-refractivity contribution in [3.63, 3.8) is 0 Å². The smallest absolute Gasteiger partial charge is 0.305 e. The summed E-state index contributed by atoms with van der Waals surface area (Å²) in [5.74, 6) is 0.391. The molecule has 0 saturated heterocycles. The van der Waals surface area contributed by atoms with Crippen LogP contribution in [0.3, 0.4) is 0 Å². The Labute approximate surface area is 119 Å². The summed E-state index contributed by atoms with van der Waals surface area (Å²) < 4.78 is 9.71. The largest absolute Gasteiger partial charge is 0.495 e. The van der Waals surface area contributed by atoms with Gasteiger partial charge in [0.25, 0.3) is 0 Å². The number of para-hydroxylation sites is 2. The van der Waals surface area contributed by atoms with Gasteiger partial charge in [-0.3, -0.25) is 9.59 Å². The lowest BCUT2D eigenvalue weighted by atomic mass is 10.1. The van der Waals surface area contributed by atoms with E-state index in [9.17, 15) is 9.59 Å². The van der Waals surface area contributed by atoms with Crippen molar-refractivity contribution in [1.29, 1.82) is 0 Å². The first-order valence-electron chi connectivity index (χ1n) is 6.67. The Morgan fingerprint density at radius 3 is 2.45 bits per heavy atom. The summed E-state index contributed by atoms with van der Waals surface area (Å²) in [6.07, 6.45) is 3.16. The van der Waals surface area contributed by atoms with Crippen molar-refractivity contribution < 1.29 is 19.1 Å². The fourth-order valence-electron chi connectivity index (χ4n) is 1.79. The highest BCUT2D eigenvalue weighted by atomic mass is 16.5. The molecule has 0 aliphatic rings. The zero-order valence-electron chi connectivity index (χ0n) is 12.0. The van der Waals surface area contributed by atoms with Crippen LogP contribution in [0, 0.1) is 0 Å². The second-order valence-electron chi connectivity index (χ2n) is 4.39. The molecule has 0 radical (unpaired) electrons. The standard InChI is InChI=1S/C15H21NO4/c1-19-13-9-7-6-8-12(13)16-14(17)10-4-3-5-11-15(18)20-2/h6-9H,3-5,10-11H2,1-2H3,(H,16,17). The van der Waals surface area contributed by atoms with Gasteiger partial charge in [0, 0.05) is 12.8 Å². The molecule has 0 aromatic heterocycles. The lowest BCUT2D eigenvalue weighted by Crippen LogP contribution is -2.12. The molecular weight excluding hydrogens is 258 g/mol. The lowest BCUT2D eigenvalue weighted by Gasteiger charge is -2.09. The maximum absolute atomic E-state index is 11.8. The molecule has 110 valence electrons. The summed E-state index contributed by atoms with van der Waals surface area (Å²) in [4.78, 5) is 22.7. The second kappa shape index (κ2) is 8.96. The van der Waals surface area contributed by atoms with Crippen LogP contribution < -0.4 is 10.1 Å². The van der Waals surface area contributed by atoms with Gasteiger partial charge >= 0.3 is 5.97 Å². The molecule has 1 amide bonds. The number of rotatable bonds is 8. The number of unbranched alkanes of at least 4 members (excludes halogenated alkanes) is 2. The van der Waals surface area contributed by atoms with Gasteiger partial charge < -0.3 is 14.8 Å². The van der Waals surface area contributed by atoms with Gasteiger partial charge in [0.05, 0.1) is 19.9 Å². The minimum Gasteiger partial charge on any atom is -0.495 e. The van der Waals surface area contributed by atoms with Gasteiger partial charge in [-0.2, -0.15) is 0 Å². The number of benzene rings is 1. The monoisotopic (exact) mass is 279 g/mol. The number of amides is 1. The number of ether oxygens (including phenoxy) is 2. The fourth-order valence-corrected chi connectivity index (χ4v) is 1.79. The van der Waals surface area contributed by atoms with Crippen LogP contribution in [0.4, 0.5) is 5.69 Å². The van der Waals surface area contributed by atoms with Gasteiger partial charge in [0.1, 0.15) is 5.75 Å². The molecule has 0 bridgehead atoms. The SMILES string of the molecule is COC(=O)CCCCCC(=O)Nc1ccccc1OC.